The number of aliphatic hydroxyl groups excluding tert-OH is 1. The van der Waals surface area contributed by atoms with Gasteiger partial charge in [0, 0.05) is 5.69 Å². The summed E-state index contributed by atoms with van der Waals surface area (Å²) in [6.07, 6.45) is 0. The van der Waals surface area contributed by atoms with Crippen molar-refractivity contribution in [1.29, 1.82) is 0 Å². The van der Waals surface area contributed by atoms with Crippen LogP contribution < -0.4 is 4.74 Å². The van der Waals surface area contributed by atoms with E-state index in [4.69, 9.17) is 9.84 Å². The quantitative estimate of drug-likeness (QED) is 0.880. The smallest absolute Gasteiger partial charge is 0.144 e. The van der Waals surface area contributed by atoms with E-state index in [1.807, 2.05) is 38.1 Å². The van der Waals surface area contributed by atoms with Gasteiger partial charge in [-0.05, 0) is 37.6 Å². The molecule has 0 fully saturated rings. The summed E-state index contributed by atoms with van der Waals surface area (Å²) in [6.45, 7) is 3.92. The fraction of sp³-hybridized carbons (Fsp3) is 0.308. The van der Waals surface area contributed by atoms with Gasteiger partial charge in [-0.25, -0.2) is 4.68 Å². The van der Waals surface area contributed by atoms with E-state index < -0.39 is 0 Å². The number of benzene rings is 1. The van der Waals surface area contributed by atoms with E-state index in [1.54, 1.807) is 11.8 Å². The molecule has 0 saturated heterocycles. The minimum Gasteiger partial charge on any atom is -0.494 e. The highest BCUT2D eigenvalue weighted by Gasteiger charge is 2.10. The maximum Gasteiger partial charge on any atom is 0.144 e. The Kier molecular flexibility index (Phi) is 3.15. The highest BCUT2D eigenvalue weighted by molar-refractivity contribution is 5.49. The Hall–Kier alpha value is -1.81. The number of hydrogen-bond acceptors (Lipinski definition) is 3. The lowest BCUT2D eigenvalue weighted by atomic mass is 10.2. The van der Waals surface area contributed by atoms with Crippen LogP contribution in [0.4, 0.5) is 0 Å². The third-order valence-electron chi connectivity index (χ3n) is 2.66. The lowest BCUT2D eigenvalue weighted by molar-refractivity contribution is 0.276. The number of ether oxygens (including phenoxy) is 1. The first kappa shape index (κ1) is 11.7. The van der Waals surface area contributed by atoms with Crippen molar-refractivity contribution in [1.82, 2.24) is 9.78 Å². The Morgan fingerprint density at radius 1 is 1.29 bits per heavy atom. The van der Waals surface area contributed by atoms with Crippen LogP contribution in [0.2, 0.25) is 0 Å². The molecule has 0 aliphatic rings. The van der Waals surface area contributed by atoms with Crippen LogP contribution in [0, 0.1) is 13.8 Å². The molecule has 2 rings (SSSR count). The SMILES string of the molecule is COc1ccc(C)cc1-n1nc(CO)cc1C. The van der Waals surface area contributed by atoms with Crippen molar-refractivity contribution in [3.8, 4) is 11.4 Å². The molecule has 1 heterocycles. The summed E-state index contributed by atoms with van der Waals surface area (Å²) >= 11 is 0. The summed E-state index contributed by atoms with van der Waals surface area (Å²) in [4.78, 5) is 0. The van der Waals surface area contributed by atoms with Gasteiger partial charge in [-0.2, -0.15) is 5.10 Å². The summed E-state index contributed by atoms with van der Waals surface area (Å²) in [5, 5.41) is 13.4. The van der Waals surface area contributed by atoms with Crippen molar-refractivity contribution in [3.63, 3.8) is 0 Å². The van der Waals surface area contributed by atoms with Crippen LogP contribution in [-0.4, -0.2) is 22.0 Å². The molecule has 0 spiro atoms. The standard InChI is InChI=1S/C13H16N2O2/c1-9-4-5-13(17-3)12(6-9)15-10(2)7-11(8-16)14-15/h4-7,16H,8H2,1-3H3. The van der Waals surface area contributed by atoms with Crippen LogP contribution in [0.15, 0.2) is 24.3 Å². The Labute approximate surface area is 100 Å². The first-order valence-electron chi connectivity index (χ1n) is 5.47. The molecule has 1 aromatic heterocycles. The van der Waals surface area contributed by atoms with Crippen molar-refractivity contribution >= 4 is 0 Å². The number of nitrogens with zero attached hydrogens (tertiary/aromatic N) is 2. The number of aryl methyl sites for hydroxylation is 2. The van der Waals surface area contributed by atoms with Crippen LogP contribution >= 0.6 is 0 Å². The van der Waals surface area contributed by atoms with Gasteiger partial charge in [0.1, 0.15) is 11.4 Å². The molecule has 0 saturated carbocycles. The number of rotatable bonds is 3. The van der Waals surface area contributed by atoms with Crippen LogP contribution in [0.3, 0.4) is 0 Å². The Morgan fingerprint density at radius 2 is 2.06 bits per heavy atom. The molecule has 2 aromatic rings. The molecule has 4 nitrogen and oxygen atoms in total. The number of aliphatic hydroxyl groups is 1. The van der Waals surface area contributed by atoms with Crippen LogP contribution in [0.1, 0.15) is 17.0 Å². The summed E-state index contributed by atoms with van der Waals surface area (Å²) in [7, 11) is 1.64. The largest absolute Gasteiger partial charge is 0.494 e. The monoisotopic (exact) mass is 232 g/mol. The molecule has 17 heavy (non-hydrogen) atoms. The second-order valence-electron chi connectivity index (χ2n) is 4.02. The zero-order chi connectivity index (χ0) is 12.4. The third kappa shape index (κ3) is 2.17. The van der Waals surface area contributed by atoms with Gasteiger partial charge in [-0.3, -0.25) is 0 Å². The maximum absolute atomic E-state index is 9.10. The van der Waals surface area contributed by atoms with E-state index in [9.17, 15) is 0 Å². The molecule has 1 N–H and O–H groups in total. The first-order valence-corrected chi connectivity index (χ1v) is 5.47. The topological polar surface area (TPSA) is 47.3 Å². The fourth-order valence-electron chi connectivity index (χ4n) is 1.83. The molecule has 0 atom stereocenters. The molecular formula is C13H16N2O2. The number of aromatic nitrogens is 2. The van der Waals surface area contributed by atoms with Crippen LogP contribution in [0.5, 0.6) is 5.75 Å². The normalized spacial score (nSPS) is 10.6. The van der Waals surface area contributed by atoms with Gasteiger partial charge < -0.3 is 9.84 Å². The Balaban J connectivity index is 2.58. The highest BCUT2D eigenvalue weighted by atomic mass is 16.5. The zero-order valence-electron chi connectivity index (χ0n) is 10.3. The molecule has 90 valence electrons. The molecule has 0 aliphatic carbocycles. The zero-order valence-corrected chi connectivity index (χ0v) is 10.3. The van der Waals surface area contributed by atoms with Gasteiger partial charge in [-0.15, -0.1) is 0 Å². The van der Waals surface area contributed by atoms with Crippen molar-refractivity contribution in [3.05, 3.63) is 41.2 Å². The maximum atomic E-state index is 9.10. The molecular weight excluding hydrogens is 216 g/mol. The van der Waals surface area contributed by atoms with Crippen LogP contribution in [0.25, 0.3) is 5.69 Å². The van der Waals surface area contributed by atoms with E-state index in [2.05, 4.69) is 5.10 Å². The average Bonchev–Trinajstić information content (AvgIpc) is 2.70. The van der Waals surface area contributed by atoms with Gasteiger partial charge in [0.25, 0.3) is 0 Å². The van der Waals surface area contributed by atoms with E-state index in [0.717, 1.165) is 22.7 Å². The van der Waals surface area contributed by atoms with Gasteiger partial charge >= 0.3 is 0 Å². The summed E-state index contributed by atoms with van der Waals surface area (Å²) in [5.41, 5.74) is 3.66. The lowest BCUT2D eigenvalue weighted by Crippen LogP contribution is -2.02. The summed E-state index contributed by atoms with van der Waals surface area (Å²) in [5.74, 6) is 0.770. The molecule has 4 heteroatoms. The van der Waals surface area contributed by atoms with E-state index >= 15 is 0 Å². The molecule has 0 radical (unpaired) electrons. The van der Waals surface area contributed by atoms with Crippen molar-refractivity contribution in [2.45, 2.75) is 20.5 Å². The van der Waals surface area contributed by atoms with Gasteiger partial charge in [-0.1, -0.05) is 6.07 Å². The van der Waals surface area contributed by atoms with Gasteiger partial charge in [0.05, 0.1) is 19.4 Å². The Morgan fingerprint density at radius 3 is 2.65 bits per heavy atom. The molecule has 0 aliphatic heterocycles. The van der Waals surface area contributed by atoms with E-state index in [0.29, 0.717) is 5.69 Å². The van der Waals surface area contributed by atoms with Crippen molar-refractivity contribution < 1.29 is 9.84 Å². The molecule has 0 unspecified atom stereocenters. The average molecular weight is 232 g/mol. The molecule has 0 amide bonds. The van der Waals surface area contributed by atoms with Gasteiger partial charge in [0.15, 0.2) is 0 Å². The summed E-state index contributed by atoms with van der Waals surface area (Å²) in [6, 6.07) is 7.79. The minimum absolute atomic E-state index is 0.0536. The van der Waals surface area contributed by atoms with E-state index in [1.165, 1.54) is 0 Å². The third-order valence-corrected chi connectivity index (χ3v) is 2.66. The second-order valence-corrected chi connectivity index (χ2v) is 4.02. The minimum atomic E-state index is -0.0536. The molecule has 1 aromatic carbocycles. The number of hydrogen-bond donors (Lipinski definition) is 1. The van der Waals surface area contributed by atoms with Crippen LogP contribution in [-0.2, 0) is 6.61 Å². The van der Waals surface area contributed by atoms with Crippen molar-refractivity contribution in [2.24, 2.45) is 0 Å². The predicted molar refractivity (Wildman–Crippen MR) is 65.5 cm³/mol. The summed E-state index contributed by atoms with van der Waals surface area (Å²) < 4.78 is 7.12. The number of methoxy groups -OCH3 is 1. The van der Waals surface area contributed by atoms with Gasteiger partial charge in [0.2, 0.25) is 0 Å². The second kappa shape index (κ2) is 4.59. The predicted octanol–water partition coefficient (Wildman–Crippen LogP) is 1.99. The lowest BCUT2D eigenvalue weighted by Gasteiger charge is -2.10. The first-order chi connectivity index (χ1) is 8.15. The van der Waals surface area contributed by atoms with E-state index in [-0.39, 0.29) is 6.61 Å². The Bertz CT molecular complexity index is 532. The van der Waals surface area contributed by atoms with Crippen molar-refractivity contribution in [2.75, 3.05) is 7.11 Å². The fourth-order valence-corrected chi connectivity index (χ4v) is 1.83. The molecule has 0 bridgehead atoms. The highest BCUT2D eigenvalue weighted by Crippen LogP contribution is 2.25.